The van der Waals surface area contributed by atoms with Gasteiger partial charge in [0.1, 0.15) is 11.6 Å². The number of pyridine rings is 1. The average Bonchev–Trinajstić information content (AvgIpc) is 3.29. The predicted molar refractivity (Wildman–Crippen MR) is 145 cm³/mol. The molecule has 5 nitrogen and oxygen atoms in total. The lowest BCUT2D eigenvalue weighted by molar-refractivity contribution is -0.121. The molecule has 0 spiro atoms. The molecular formula is C31H28F2N4O. The van der Waals surface area contributed by atoms with Gasteiger partial charge in [0.25, 0.3) is 0 Å². The SMILES string of the molecule is Cc1ccc(-c2cccnc2[C@H](Cc2cc(F)cc(F)c2)NC(=O)Cc2c[nH]c3cc(CN)ccc23)cc1. The van der Waals surface area contributed by atoms with Gasteiger partial charge in [0, 0.05) is 41.5 Å². The molecule has 0 bridgehead atoms. The number of hydrogen-bond acceptors (Lipinski definition) is 3. The van der Waals surface area contributed by atoms with Crippen LogP contribution in [0, 0.1) is 18.6 Å². The van der Waals surface area contributed by atoms with Crippen LogP contribution in [0.4, 0.5) is 8.78 Å². The van der Waals surface area contributed by atoms with Crippen LogP contribution in [0.15, 0.2) is 85.2 Å². The second kappa shape index (κ2) is 10.9. The number of carbonyl (C=O) groups excluding carboxylic acids is 1. The van der Waals surface area contributed by atoms with Gasteiger partial charge in [-0.3, -0.25) is 9.78 Å². The molecule has 7 heteroatoms. The molecule has 0 radical (unpaired) electrons. The number of amides is 1. The Hall–Kier alpha value is -4.36. The normalized spacial score (nSPS) is 12.0. The molecule has 0 aliphatic rings. The van der Waals surface area contributed by atoms with Crippen molar-refractivity contribution in [2.75, 3.05) is 0 Å². The van der Waals surface area contributed by atoms with Crippen molar-refractivity contribution in [1.82, 2.24) is 15.3 Å². The van der Waals surface area contributed by atoms with Crippen LogP contribution in [0.25, 0.3) is 22.0 Å². The van der Waals surface area contributed by atoms with Gasteiger partial charge in [0.05, 0.1) is 18.2 Å². The van der Waals surface area contributed by atoms with E-state index < -0.39 is 17.7 Å². The molecule has 3 aromatic carbocycles. The van der Waals surface area contributed by atoms with E-state index in [2.05, 4.69) is 15.3 Å². The molecule has 5 rings (SSSR count). The third kappa shape index (κ3) is 5.63. The van der Waals surface area contributed by atoms with Gasteiger partial charge >= 0.3 is 0 Å². The van der Waals surface area contributed by atoms with Crippen molar-refractivity contribution < 1.29 is 13.6 Å². The van der Waals surface area contributed by atoms with Crippen LogP contribution in [0.2, 0.25) is 0 Å². The molecule has 0 unspecified atom stereocenters. The number of aromatic nitrogens is 2. The maximum Gasteiger partial charge on any atom is 0.225 e. The number of aryl methyl sites for hydroxylation is 1. The zero-order chi connectivity index (χ0) is 26.6. The molecule has 0 saturated carbocycles. The number of nitrogens with two attached hydrogens (primary N) is 1. The van der Waals surface area contributed by atoms with Gasteiger partial charge in [0.2, 0.25) is 5.91 Å². The van der Waals surface area contributed by atoms with Gasteiger partial charge in [-0.15, -0.1) is 0 Å². The first-order valence-electron chi connectivity index (χ1n) is 12.4. The van der Waals surface area contributed by atoms with Crippen molar-refractivity contribution in [2.24, 2.45) is 5.73 Å². The van der Waals surface area contributed by atoms with Gasteiger partial charge in [-0.25, -0.2) is 8.78 Å². The Labute approximate surface area is 219 Å². The first-order chi connectivity index (χ1) is 18.4. The molecule has 0 saturated heterocycles. The highest BCUT2D eigenvalue weighted by molar-refractivity contribution is 5.89. The van der Waals surface area contributed by atoms with E-state index in [0.29, 0.717) is 17.8 Å². The fraction of sp³-hybridized carbons (Fsp3) is 0.161. The smallest absolute Gasteiger partial charge is 0.225 e. The second-order valence-corrected chi connectivity index (χ2v) is 9.48. The lowest BCUT2D eigenvalue weighted by Crippen LogP contribution is -2.32. The quantitative estimate of drug-likeness (QED) is 0.242. The average molecular weight is 511 g/mol. The lowest BCUT2D eigenvalue weighted by Gasteiger charge is -2.22. The minimum atomic E-state index is -0.666. The Morgan fingerprint density at radius 2 is 1.76 bits per heavy atom. The number of H-pyrrole nitrogens is 1. The molecule has 0 aliphatic heterocycles. The molecule has 192 valence electrons. The Bertz CT molecular complexity index is 1570. The first kappa shape index (κ1) is 25.3. The molecule has 1 atom stereocenters. The standard InChI is InChI=1S/C31H28F2N4O/c1-19-4-7-22(8-5-19)27-3-2-10-35-31(27)29(14-21-11-24(32)16-25(33)12-21)37-30(38)15-23-18-36-28-13-20(17-34)6-9-26(23)28/h2-13,16,18,29,36H,14-15,17,34H2,1H3,(H,37,38)/t29-/m0/s1. The van der Waals surface area contributed by atoms with Gasteiger partial charge in [-0.05, 0) is 59.9 Å². The van der Waals surface area contributed by atoms with Crippen LogP contribution >= 0.6 is 0 Å². The Morgan fingerprint density at radius 1 is 1.00 bits per heavy atom. The van der Waals surface area contributed by atoms with Crippen LogP contribution < -0.4 is 11.1 Å². The summed E-state index contributed by atoms with van der Waals surface area (Å²) in [5, 5.41) is 4.03. The zero-order valence-electron chi connectivity index (χ0n) is 21.0. The predicted octanol–water partition coefficient (Wildman–Crippen LogP) is 5.92. The number of halogens is 2. The highest BCUT2D eigenvalue weighted by Gasteiger charge is 2.22. The first-order valence-corrected chi connectivity index (χ1v) is 12.4. The van der Waals surface area contributed by atoms with E-state index in [4.69, 9.17) is 5.73 Å². The van der Waals surface area contributed by atoms with E-state index in [0.717, 1.165) is 44.8 Å². The van der Waals surface area contributed by atoms with E-state index in [1.807, 2.05) is 67.7 Å². The number of nitrogens with zero attached hydrogens (tertiary/aromatic N) is 1. The summed E-state index contributed by atoms with van der Waals surface area (Å²) in [7, 11) is 0. The number of rotatable bonds is 8. The summed E-state index contributed by atoms with van der Waals surface area (Å²) in [6.07, 6.45) is 3.78. The van der Waals surface area contributed by atoms with Crippen molar-refractivity contribution in [3.63, 3.8) is 0 Å². The van der Waals surface area contributed by atoms with E-state index in [1.54, 1.807) is 6.20 Å². The molecule has 2 aromatic heterocycles. The molecule has 2 heterocycles. The van der Waals surface area contributed by atoms with Gasteiger partial charge in [0.15, 0.2) is 0 Å². The molecule has 0 aliphatic carbocycles. The number of benzene rings is 3. The minimum Gasteiger partial charge on any atom is -0.361 e. The summed E-state index contributed by atoms with van der Waals surface area (Å²) in [4.78, 5) is 21.2. The van der Waals surface area contributed by atoms with Crippen LogP contribution in [0.5, 0.6) is 0 Å². The van der Waals surface area contributed by atoms with E-state index in [1.165, 1.54) is 12.1 Å². The fourth-order valence-corrected chi connectivity index (χ4v) is 4.78. The molecule has 0 fully saturated rings. The number of nitrogens with one attached hydrogen (secondary N) is 2. The van der Waals surface area contributed by atoms with Crippen molar-refractivity contribution >= 4 is 16.8 Å². The number of fused-ring (bicyclic) bond motifs is 1. The van der Waals surface area contributed by atoms with E-state index in [9.17, 15) is 13.6 Å². The highest BCUT2D eigenvalue weighted by atomic mass is 19.1. The Morgan fingerprint density at radius 3 is 2.50 bits per heavy atom. The summed E-state index contributed by atoms with van der Waals surface area (Å²) >= 11 is 0. The zero-order valence-corrected chi connectivity index (χ0v) is 21.0. The molecule has 5 aromatic rings. The number of carbonyl (C=O) groups is 1. The molecule has 38 heavy (non-hydrogen) atoms. The second-order valence-electron chi connectivity index (χ2n) is 9.48. The van der Waals surface area contributed by atoms with Crippen molar-refractivity contribution in [2.45, 2.75) is 32.4 Å². The highest BCUT2D eigenvalue weighted by Crippen LogP contribution is 2.30. The van der Waals surface area contributed by atoms with E-state index in [-0.39, 0.29) is 18.7 Å². The topological polar surface area (TPSA) is 83.8 Å². The minimum absolute atomic E-state index is 0.128. The lowest BCUT2D eigenvalue weighted by atomic mass is 9.94. The molecule has 1 amide bonds. The van der Waals surface area contributed by atoms with Crippen LogP contribution in [-0.2, 0) is 24.2 Å². The van der Waals surface area contributed by atoms with Crippen LogP contribution in [0.3, 0.4) is 0 Å². The summed E-state index contributed by atoms with van der Waals surface area (Å²) in [5.74, 6) is -1.56. The van der Waals surface area contributed by atoms with Gasteiger partial charge in [-0.1, -0.05) is 48.0 Å². The Balaban J connectivity index is 1.48. The summed E-state index contributed by atoms with van der Waals surface area (Å²) < 4.78 is 28.1. The Kier molecular flexibility index (Phi) is 7.29. The summed E-state index contributed by atoms with van der Waals surface area (Å²) in [6, 6.07) is 20.4. The molecule has 4 N–H and O–H groups in total. The van der Waals surface area contributed by atoms with Crippen LogP contribution in [-0.4, -0.2) is 15.9 Å². The van der Waals surface area contributed by atoms with Gasteiger partial charge in [-0.2, -0.15) is 0 Å². The fourth-order valence-electron chi connectivity index (χ4n) is 4.78. The largest absolute Gasteiger partial charge is 0.361 e. The van der Waals surface area contributed by atoms with Crippen molar-refractivity contribution in [1.29, 1.82) is 0 Å². The maximum atomic E-state index is 14.0. The van der Waals surface area contributed by atoms with Crippen molar-refractivity contribution in [3.05, 3.63) is 125 Å². The maximum absolute atomic E-state index is 14.0. The number of aromatic amines is 1. The van der Waals surface area contributed by atoms with Gasteiger partial charge < -0.3 is 16.0 Å². The summed E-state index contributed by atoms with van der Waals surface area (Å²) in [5.41, 5.74) is 12.5. The summed E-state index contributed by atoms with van der Waals surface area (Å²) in [6.45, 7) is 2.44. The third-order valence-corrected chi connectivity index (χ3v) is 6.65. The monoisotopic (exact) mass is 510 g/mol. The van der Waals surface area contributed by atoms with Crippen molar-refractivity contribution in [3.8, 4) is 11.1 Å². The molecular weight excluding hydrogens is 482 g/mol. The number of hydrogen-bond donors (Lipinski definition) is 3. The van der Waals surface area contributed by atoms with Crippen LogP contribution in [0.1, 0.15) is 34.0 Å². The van der Waals surface area contributed by atoms with E-state index >= 15 is 0 Å². The third-order valence-electron chi connectivity index (χ3n) is 6.65.